The molecule has 0 N–H and O–H groups in total. The van der Waals surface area contributed by atoms with Gasteiger partial charge < -0.3 is 19.3 Å². The summed E-state index contributed by atoms with van der Waals surface area (Å²) < 4.78 is 11.1. The molecule has 3 heterocycles. The van der Waals surface area contributed by atoms with Crippen LogP contribution >= 0.6 is 0 Å². The Bertz CT molecular complexity index is 786. The van der Waals surface area contributed by atoms with Crippen LogP contribution in [-0.4, -0.2) is 77.8 Å². The maximum absolute atomic E-state index is 12.6. The first kappa shape index (κ1) is 22.9. The van der Waals surface area contributed by atoms with E-state index in [4.69, 9.17) is 9.47 Å². The Morgan fingerprint density at radius 1 is 1.00 bits per heavy atom. The van der Waals surface area contributed by atoms with Crippen molar-refractivity contribution in [2.75, 3.05) is 39.3 Å². The van der Waals surface area contributed by atoms with Crippen LogP contribution in [0.5, 0.6) is 0 Å². The van der Waals surface area contributed by atoms with Gasteiger partial charge in [0, 0.05) is 45.3 Å². The largest absolute Gasteiger partial charge is 0.445 e. The molecule has 1 aliphatic carbocycles. The van der Waals surface area contributed by atoms with Gasteiger partial charge in [0.25, 0.3) is 0 Å². The lowest BCUT2D eigenvalue weighted by Crippen LogP contribution is -2.58. The fourth-order valence-corrected chi connectivity index (χ4v) is 5.25. The Morgan fingerprint density at radius 2 is 1.72 bits per heavy atom. The van der Waals surface area contributed by atoms with E-state index in [2.05, 4.69) is 4.90 Å². The second-order valence-corrected chi connectivity index (χ2v) is 10.4. The van der Waals surface area contributed by atoms with Crippen LogP contribution in [0.4, 0.5) is 9.59 Å². The van der Waals surface area contributed by atoms with Gasteiger partial charge in [-0.25, -0.2) is 9.59 Å². The van der Waals surface area contributed by atoms with E-state index in [0.717, 1.165) is 44.6 Å². The number of hydrogen-bond donors (Lipinski definition) is 0. The number of ether oxygens (including phenoxy) is 2. The normalized spacial score (nSPS) is 26.2. The maximum atomic E-state index is 12.6. The van der Waals surface area contributed by atoms with Crippen molar-refractivity contribution in [3.8, 4) is 0 Å². The molecule has 3 saturated heterocycles. The summed E-state index contributed by atoms with van der Waals surface area (Å²) in [5, 5.41) is 0. The number of benzene rings is 1. The molecule has 2 bridgehead atoms. The molecule has 1 saturated carbocycles. The van der Waals surface area contributed by atoms with Gasteiger partial charge in [-0.15, -0.1) is 0 Å². The van der Waals surface area contributed by atoms with Gasteiger partial charge in [0.05, 0.1) is 0 Å². The number of rotatable bonds is 4. The van der Waals surface area contributed by atoms with E-state index in [1.165, 1.54) is 6.42 Å². The second kappa shape index (κ2) is 9.69. The monoisotopic (exact) mass is 443 g/mol. The number of hydrogen-bond acceptors (Lipinski definition) is 5. The molecule has 4 aliphatic rings. The fraction of sp³-hybridized carbons (Fsp3) is 0.680. The van der Waals surface area contributed by atoms with E-state index in [-0.39, 0.29) is 12.2 Å². The van der Waals surface area contributed by atoms with Crippen molar-refractivity contribution in [3.05, 3.63) is 35.9 Å². The Kier molecular flexibility index (Phi) is 6.93. The van der Waals surface area contributed by atoms with Gasteiger partial charge in [0.15, 0.2) is 0 Å². The Balaban J connectivity index is 1.20. The summed E-state index contributed by atoms with van der Waals surface area (Å²) in [6.45, 7) is 11.1. The highest BCUT2D eigenvalue weighted by Gasteiger charge is 2.44. The molecular weight excluding hydrogens is 406 g/mol. The maximum Gasteiger partial charge on any atom is 0.410 e. The first-order chi connectivity index (χ1) is 15.3. The predicted molar refractivity (Wildman–Crippen MR) is 122 cm³/mol. The Labute approximate surface area is 191 Å². The number of amides is 2. The molecule has 4 fully saturated rings. The molecule has 0 spiro atoms. The van der Waals surface area contributed by atoms with E-state index in [9.17, 15) is 9.59 Å². The summed E-state index contributed by atoms with van der Waals surface area (Å²) in [4.78, 5) is 31.3. The standard InChI is InChI=1S/C25H37N3O4/c1-25(2,3)32-24(30)28-17-20-9-10-22(28)15-21(20)16-26-11-13-27(14-12-26)23(29)31-18-19-7-5-4-6-8-19/h4-8,20-22H,9-18H2,1-3H3/t20-,21+,22-/m0/s1. The molecule has 5 rings (SSSR count). The van der Waals surface area contributed by atoms with Crippen LogP contribution in [0.3, 0.4) is 0 Å². The van der Waals surface area contributed by atoms with Gasteiger partial charge in [0.1, 0.15) is 12.2 Å². The van der Waals surface area contributed by atoms with Gasteiger partial charge in [-0.1, -0.05) is 30.3 Å². The number of piperidine rings is 2. The van der Waals surface area contributed by atoms with E-state index >= 15 is 0 Å². The summed E-state index contributed by atoms with van der Waals surface area (Å²) in [7, 11) is 0. The lowest BCUT2D eigenvalue weighted by atomic mass is 9.72. The summed E-state index contributed by atoms with van der Waals surface area (Å²) in [6.07, 6.45) is 2.96. The highest BCUT2D eigenvalue weighted by molar-refractivity contribution is 5.69. The SMILES string of the molecule is CC(C)(C)OC(=O)N1C[C@@H]2CC[C@H]1C[C@@H]2CN1CCN(C(=O)OCc2ccccc2)CC1. The molecule has 2 amide bonds. The summed E-state index contributed by atoms with van der Waals surface area (Å²) in [6, 6.07) is 10.1. The number of carbonyl (C=O) groups excluding carboxylic acids is 2. The van der Waals surface area contributed by atoms with E-state index in [1.807, 2.05) is 60.9 Å². The van der Waals surface area contributed by atoms with E-state index < -0.39 is 5.60 Å². The van der Waals surface area contributed by atoms with Crippen LogP contribution in [0.25, 0.3) is 0 Å². The third-order valence-electron chi connectivity index (χ3n) is 6.94. The minimum absolute atomic E-state index is 0.159. The molecule has 176 valence electrons. The summed E-state index contributed by atoms with van der Waals surface area (Å²) in [5.41, 5.74) is 0.557. The van der Waals surface area contributed by atoms with Gasteiger partial charge in [-0.05, 0) is 57.4 Å². The van der Waals surface area contributed by atoms with Crippen molar-refractivity contribution in [1.29, 1.82) is 0 Å². The number of carbonyl (C=O) groups is 2. The molecule has 3 aliphatic heterocycles. The quantitative estimate of drug-likeness (QED) is 0.705. The topological polar surface area (TPSA) is 62.3 Å². The molecule has 1 aromatic carbocycles. The molecule has 1 aromatic rings. The highest BCUT2D eigenvalue weighted by Crippen LogP contribution is 2.40. The Hall–Kier alpha value is -2.28. The average Bonchev–Trinajstić information content (AvgIpc) is 2.78. The van der Waals surface area contributed by atoms with Gasteiger partial charge in [-0.3, -0.25) is 4.90 Å². The second-order valence-electron chi connectivity index (χ2n) is 10.4. The third kappa shape index (κ3) is 5.74. The number of piperazine rings is 1. The van der Waals surface area contributed by atoms with Crippen molar-refractivity contribution < 1.29 is 19.1 Å². The van der Waals surface area contributed by atoms with Crippen molar-refractivity contribution in [1.82, 2.24) is 14.7 Å². The number of nitrogens with zero attached hydrogens (tertiary/aromatic N) is 3. The molecule has 0 aromatic heterocycles. The molecule has 7 heteroatoms. The zero-order valence-electron chi connectivity index (χ0n) is 19.7. The molecule has 3 atom stereocenters. The van der Waals surface area contributed by atoms with Crippen molar-refractivity contribution in [2.24, 2.45) is 11.8 Å². The molecular formula is C25H37N3O4. The fourth-order valence-electron chi connectivity index (χ4n) is 5.25. The summed E-state index contributed by atoms with van der Waals surface area (Å²) >= 11 is 0. The van der Waals surface area contributed by atoms with Crippen LogP contribution in [0.1, 0.15) is 45.6 Å². The van der Waals surface area contributed by atoms with Crippen LogP contribution < -0.4 is 0 Å². The van der Waals surface area contributed by atoms with E-state index in [0.29, 0.717) is 37.6 Å². The van der Waals surface area contributed by atoms with E-state index in [1.54, 1.807) is 0 Å². The van der Waals surface area contributed by atoms with Gasteiger partial charge in [-0.2, -0.15) is 0 Å². The Morgan fingerprint density at radius 3 is 2.34 bits per heavy atom. The lowest BCUT2D eigenvalue weighted by Gasteiger charge is -2.50. The highest BCUT2D eigenvalue weighted by atomic mass is 16.6. The smallest absolute Gasteiger partial charge is 0.410 e. The zero-order chi connectivity index (χ0) is 22.7. The minimum atomic E-state index is -0.449. The first-order valence-corrected chi connectivity index (χ1v) is 12.0. The molecule has 0 unspecified atom stereocenters. The van der Waals surface area contributed by atoms with Crippen LogP contribution in [0.2, 0.25) is 0 Å². The molecule has 32 heavy (non-hydrogen) atoms. The zero-order valence-corrected chi connectivity index (χ0v) is 19.7. The predicted octanol–water partition coefficient (Wildman–Crippen LogP) is 3.98. The van der Waals surface area contributed by atoms with Crippen molar-refractivity contribution in [3.63, 3.8) is 0 Å². The summed E-state index contributed by atoms with van der Waals surface area (Å²) in [5.74, 6) is 1.16. The van der Waals surface area contributed by atoms with Crippen LogP contribution in [0.15, 0.2) is 30.3 Å². The van der Waals surface area contributed by atoms with Gasteiger partial charge in [0.2, 0.25) is 0 Å². The third-order valence-corrected chi connectivity index (χ3v) is 6.94. The van der Waals surface area contributed by atoms with Crippen LogP contribution in [-0.2, 0) is 16.1 Å². The number of fused-ring (bicyclic) bond motifs is 3. The van der Waals surface area contributed by atoms with Crippen molar-refractivity contribution >= 4 is 12.2 Å². The average molecular weight is 444 g/mol. The van der Waals surface area contributed by atoms with Crippen LogP contribution in [0, 0.1) is 11.8 Å². The minimum Gasteiger partial charge on any atom is -0.445 e. The van der Waals surface area contributed by atoms with Gasteiger partial charge >= 0.3 is 12.2 Å². The molecule has 0 radical (unpaired) electrons. The first-order valence-electron chi connectivity index (χ1n) is 12.0. The lowest BCUT2D eigenvalue weighted by molar-refractivity contribution is -0.0363. The molecule has 7 nitrogen and oxygen atoms in total. The van der Waals surface area contributed by atoms with Crippen molar-refractivity contribution in [2.45, 2.75) is 58.3 Å².